The Labute approximate surface area is 108 Å². The quantitative estimate of drug-likeness (QED) is 0.735. The van der Waals surface area contributed by atoms with E-state index < -0.39 is 0 Å². The monoisotopic (exact) mass is 258 g/mol. The normalized spacial score (nSPS) is 12.7. The fourth-order valence-electron chi connectivity index (χ4n) is 1.54. The highest BCUT2D eigenvalue weighted by molar-refractivity contribution is 6.30. The van der Waals surface area contributed by atoms with Crippen molar-refractivity contribution in [1.82, 2.24) is 10.6 Å². The number of hydrogen-bond donors (Lipinski definition) is 2. The Kier molecular flexibility index (Phi) is 6.48. The average Bonchev–Trinajstić information content (AvgIpc) is 2.31. The number of benzene rings is 1. The van der Waals surface area contributed by atoms with Crippen LogP contribution in [0.2, 0.25) is 5.02 Å². The van der Waals surface area contributed by atoms with Crippen molar-refractivity contribution in [3.63, 3.8) is 0 Å². The highest BCUT2D eigenvalue weighted by Gasteiger charge is 2.07. The first-order valence-corrected chi connectivity index (χ1v) is 6.40. The van der Waals surface area contributed by atoms with Crippen LogP contribution in [0.25, 0.3) is 0 Å². The molecule has 0 heterocycles. The summed E-state index contributed by atoms with van der Waals surface area (Å²) in [5.41, 5.74) is 0.611. The maximum absolute atomic E-state index is 13.6. The van der Waals surface area contributed by atoms with E-state index in [0.29, 0.717) is 18.2 Å². The van der Waals surface area contributed by atoms with E-state index >= 15 is 0 Å². The van der Waals surface area contributed by atoms with Gasteiger partial charge in [-0.2, -0.15) is 0 Å². The van der Waals surface area contributed by atoms with Gasteiger partial charge in [0.2, 0.25) is 0 Å². The van der Waals surface area contributed by atoms with E-state index in [1.807, 2.05) is 0 Å². The van der Waals surface area contributed by atoms with E-state index in [4.69, 9.17) is 11.6 Å². The minimum absolute atomic E-state index is 0.182. The fraction of sp³-hybridized carbons (Fsp3) is 0.538. The predicted molar refractivity (Wildman–Crippen MR) is 70.9 cm³/mol. The molecule has 0 bridgehead atoms. The molecule has 1 unspecified atom stereocenters. The van der Waals surface area contributed by atoms with Crippen LogP contribution in [0.3, 0.4) is 0 Å². The third-order valence-corrected chi connectivity index (χ3v) is 2.84. The number of rotatable bonds is 7. The van der Waals surface area contributed by atoms with Crippen molar-refractivity contribution in [1.29, 1.82) is 0 Å². The SMILES string of the molecule is CCCNCC(C)NCc1cccc(Cl)c1F. The van der Waals surface area contributed by atoms with Crippen LogP contribution in [-0.2, 0) is 6.54 Å². The second-order valence-corrected chi connectivity index (χ2v) is 4.61. The average molecular weight is 259 g/mol. The zero-order chi connectivity index (χ0) is 12.7. The molecule has 0 amide bonds. The largest absolute Gasteiger partial charge is 0.315 e. The van der Waals surface area contributed by atoms with Crippen LogP contribution in [0.1, 0.15) is 25.8 Å². The zero-order valence-electron chi connectivity index (χ0n) is 10.4. The van der Waals surface area contributed by atoms with Crippen molar-refractivity contribution in [2.45, 2.75) is 32.9 Å². The van der Waals surface area contributed by atoms with Gasteiger partial charge in [-0.05, 0) is 26.0 Å². The molecule has 1 rings (SSSR count). The molecule has 0 radical (unpaired) electrons. The van der Waals surface area contributed by atoms with E-state index in [1.165, 1.54) is 0 Å². The van der Waals surface area contributed by atoms with E-state index in [1.54, 1.807) is 18.2 Å². The van der Waals surface area contributed by atoms with Gasteiger partial charge in [0.1, 0.15) is 5.82 Å². The summed E-state index contributed by atoms with van der Waals surface area (Å²) < 4.78 is 13.6. The third-order valence-electron chi connectivity index (χ3n) is 2.55. The molecular weight excluding hydrogens is 239 g/mol. The lowest BCUT2D eigenvalue weighted by atomic mass is 10.2. The van der Waals surface area contributed by atoms with Gasteiger partial charge in [0.05, 0.1) is 5.02 Å². The van der Waals surface area contributed by atoms with Gasteiger partial charge in [0.25, 0.3) is 0 Å². The van der Waals surface area contributed by atoms with Gasteiger partial charge >= 0.3 is 0 Å². The van der Waals surface area contributed by atoms with Gasteiger partial charge in [-0.1, -0.05) is 30.7 Å². The second kappa shape index (κ2) is 7.64. The predicted octanol–water partition coefficient (Wildman–Crippen LogP) is 2.96. The van der Waals surface area contributed by atoms with Gasteiger partial charge in [0.15, 0.2) is 0 Å². The molecule has 0 saturated heterocycles. The van der Waals surface area contributed by atoms with Gasteiger partial charge in [-0.15, -0.1) is 0 Å². The Morgan fingerprint density at radius 2 is 2.18 bits per heavy atom. The van der Waals surface area contributed by atoms with E-state index in [-0.39, 0.29) is 10.8 Å². The summed E-state index contributed by atoms with van der Waals surface area (Å²) in [6, 6.07) is 5.38. The standard InChI is InChI=1S/C13H20ClFN2/c1-3-7-16-8-10(2)17-9-11-5-4-6-12(14)13(11)15/h4-6,10,16-17H,3,7-9H2,1-2H3. The van der Waals surface area contributed by atoms with E-state index in [0.717, 1.165) is 19.5 Å². The smallest absolute Gasteiger partial charge is 0.146 e. The molecule has 0 saturated carbocycles. The fourth-order valence-corrected chi connectivity index (χ4v) is 1.73. The Hall–Kier alpha value is -0.640. The van der Waals surface area contributed by atoms with Crippen molar-refractivity contribution in [3.05, 3.63) is 34.6 Å². The minimum Gasteiger partial charge on any atom is -0.315 e. The van der Waals surface area contributed by atoms with Crippen LogP contribution < -0.4 is 10.6 Å². The first-order chi connectivity index (χ1) is 8.15. The lowest BCUT2D eigenvalue weighted by Crippen LogP contribution is -2.36. The molecule has 0 aliphatic rings. The van der Waals surface area contributed by atoms with Gasteiger partial charge < -0.3 is 10.6 Å². The molecular formula is C13H20ClFN2. The molecule has 4 heteroatoms. The van der Waals surface area contributed by atoms with Crippen LogP contribution in [0, 0.1) is 5.82 Å². The lowest BCUT2D eigenvalue weighted by Gasteiger charge is -2.15. The van der Waals surface area contributed by atoms with Crippen molar-refractivity contribution in [3.8, 4) is 0 Å². The molecule has 0 aliphatic heterocycles. The summed E-state index contributed by atoms with van der Waals surface area (Å²) in [7, 11) is 0. The topological polar surface area (TPSA) is 24.1 Å². The first kappa shape index (κ1) is 14.4. The van der Waals surface area contributed by atoms with Crippen LogP contribution in [0.5, 0.6) is 0 Å². The summed E-state index contributed by atoms with van der Waals surface area (Å²) in [6.45, 7) is 6.60. The molecule has 1 aromatic carbocycles. The molecule has 96 valence electrons. The third kappa shape index (κ3) is 5.02. The van der Waals surface area contributed by atoms with E-state index in [2.05, 4.69) is 24.5 Å². The number of hydrogen-bond acceptors (Lipinski definition) is 2. The van der Waals surface area contributed by atoms with Gasteiger partial charge in [-0.3, -0.25) is 0 Å². The summed E-state index contributed by atoms with van der Waals surface area (Å²) in [5, 5.41) is 6.76. The molecule has 2 N–H and O–H groups in total. The Balaban J connectivity index is 2.37. The Morgan fingerprint density at radius 3 is 2.88 bits per heavy atom. The molecule has 1 aromatic rings. The highest BCUT2D eigenvalue weighted by atomic mass is 35.5. The van der Waals surface area contributed by atoms with Crippen molar-refractivity contribution in [2.75, 3.05) is 13.1 Å². The summed E-state index contributed by atoms with van der Waals surface area (Å²) in [4.78, 5) is 0. The highest BCUT2D eigenvalue weighted by Crippen LogP contribution is 2.17. The number of halogens is 2. The van der Waals surface area contributed by atoms with Crippen molar-refractivity contribution in [2.24, 2.45) is 0 Å². The second-order valence-electron chi connectivity index (χ2n) is 4.20. The molecule has 0 fully saturated rings. The lowest BCUT2D eigenvalue weighted by molar-refractivity contribution is 0.492. The zero-order valence-corrected chi connectivity index (χ0v) is 11.1. The van der Waals surface area contributed by atoms with Crippen molar-refractivity contribution >= 4 is 11.6 Å². The summed E-state index contributed by atoms with van der Waals surface area (Å²) in [6.07, 6.45) is 1.12. The Bertz CT molecular complexity index is 344. The van der Waals surface area contributed by atoms with Crippen LogP contribution in [-0.4, -0.2) is 19.1 Å². The maximum atomic E-state index is 13.6. The van der Waals surface area contributed by atoms with Crippen LogP contribution in [0.4, 0.5) is 4.39 Å². The molecule has 17 heavy (non-hydrogen) atoms. The molecule has 1 atom stereocenters. The van der Waals surface area contributed by atoms with Crippen LogP contribution >= 0.6 is 11.6 Å². The molecule has 2 nitrogen and oxygen atoms in total. The maximum Gasteiger partial charge on any atom is 0.146 e. The molecule has 0 aromatic heterocycles. The van der Waals surface area contributed by atoms with E-state index in [9.17, 15) is 4.39 Å². The Morgan fingerprint density at radius 1 is 1.41 bits per heavy atom. The molecule has 0 spiro atoms. The number of nitrogens with one attached hydrogen (secondary N) is 2. The van der Waals surface area contributed by atoms with Crippen LogP contribution in [0.15, 0.2) is 18.2 Å². The first-order valence-electron chi connectivity index (χ1n) is 6.02. The van der Waals surface area contributed by atoms with Gasteiger partial charge in [-0.25, -0.2) is 4.39 Å². The minimum atomic E-state index is -0.324. The summed E-state index contributed by atoms with van der Waals surface area (Å²) in [5.74, 6) is -0.324. The molecule has 0 aliphatic carbocycles. The summed E-state index contributed by atoms with van der Waals surface area (Å²) >= 11 is 5.72. The van der Waals surface area contributed by atoms with Gasteiger partial charge in [0, 0.05) is 24.7 Å². The van der Waals surface area contributed by atoms with Crippen molar-refractivity contribution < 1.29 is 4.39 Å².